The Morgan fingerprint density at radius 3 is 2.79 bits per heavy atom. The van der Waals surface area contributed by atoms with Crippen LogP contribution in [0.1, 0.15) is 34.5 Å². The van der Waals surface area contributed by atoms with Crippen LogP contribution < -0.4 is 4.74 Å². The van der Waals surface area contributed by atoms with E-state index in [1.54, 1.807) is 17.0 Å². The minimum absolute atomic E-state index is 0.0201. The molecule has 28 heavy (non-hydrogen) atoms. The first-order valence-electron chi connectivity index (χ1n) is 9.65. The maximum atomic E-state index is 12.7. The number of aromatic nitrogens is 1. The molecule has 2 aromatic carbocycles. The van der Waals surface area contributed by atoms with Gasteiger partial charge in [0.15, 0.2) is 0 Å². The molecule has 1 aliphatic rings. The second kappa shape index (κ2) is 7.98. The summed E-state index contributed by atoms with van der Waals surface area (Å²) in [6.45, 7) is 3.15. The van der Waals surface area contributed by atoms with E-state index in [1.807, 2.05) is 43.3 Å². The van der Waals surface area contributed by atoms with E-state index in [2.05, 4.69) is 11.1 Å². The summed E-state index contributed by atoms with van der Waals surface area (Å²) in [6, 6.07) is 17.3. The summed E-state index contributed by atoms with van der Waals surface area (Å²) in [7, 11) is 0. The smallest absolute Gasteiger partial charge is 0.254 e. The lowest BCUT2D eigenvalue weighted by Gasteiger charge is -2.23. The number of fused-ring (bicyclic) bond motifs is 1. The number of carbonyl (C=O) groups excluding carboxylic acids is 1. The molecule has 5 heteroatoms. The van der Waals surface area contributed by atoms with Crippen molar-refractivity contribution in [2.75, 3.05) is 13.2 Å². The van der Waals surface area contributed by atoms with Gasteiger partial charge in [0.1, 0.15) is 12.4 Å². The molecule has 1 atom stereocenters. The van der Waals surface area contributed by atoms with Gasteiger partial charge >= 0.3 is 0 Å². The summed E-state index contributed by atoms with van der Waals surface area (Å²) in [5, 5.41) is 10.5. The largest absolute Gasteiger partial charge is 0.489 e. The number of benzene rings is 2. The van der Waals surface area contributed by atoms with Crippen LogP contribution in [-0.2, 0) is 6.61 Å². The molecule has 3 aromatic rings. The summed E-state index contributed by atoms with van der Waals surface area (Å²) in [4.78, 5) is 19.0. The first-order valence-corrected chi connectivity index (χ1v) is 9.65. The number of amides is 1. The van der Waals surface area contributed by atoms with Crippen LogP contribution >= 0.6 is 0 Å². The first kappa shape index (κ1) is 18.4. The van der Waals surface area contributed by atoms with E-state index >= 15 is 0 Å². The van der Waals surface area contributed by atoms with Crippen LogP contribution in [0.3, 0.4) is 0 Å². The zero-order chi connectivity index (χ0) is 19.5. The van der Waals surface area contributed by atoms with Crippen LogP contribution in [0.5, 0.6) is 5.75 Å². The number of hydrogen-bond donors (Lipinski definition) is 1. The van der Waals surface area contributed by atoms with Gasteiger partial charge in [-0.2, -0.15) is 0 Å². The van der Waals surface area contributed by atoms with Crippen molar-refractivity contribution in [2.45, 2.75) is 32.4 Å². The number of carbonyl (C=O) groups is 1. The minimum atomic E-state index is -0.0633. The lowest BCUT2D eigenvalue weighted by Crippen LogP contribution is -2.37. The van der Waals surface area contributed by atoms with Gasteiger partial charge in [-0.15, -0.1) is 0 Å². The van der Waals surface area contributed by atoms with E-state index in [4.69, 9.17) is 4.74 Å². The van der Waals surface area contributed by atoms with E-state index in [1.165, 1.54) is 0 Å². The molecule has 2 heterocycles. The average Bonchev–Trinajstić information content (AvgIpc) is 3.20. The SMILES string of the molecule is Cc1cc(COc2ccc(C(=O)N3CCCC3CO)cc2)c2ccccc2n1. The van der Waals surface area contributed by atoms with Crippen molar-refractivity contribution in [2.24, 2.45) is 0 Å². The number of pyridine rings is 1. The highest BCUT2D eigenvalue weighted by molar-refractivity contribution is 5.94. The number of para-hydroxylation sites is 1. The van der Waals surface area contributed by atoms with Crippen LogP contribution in [0, 0.1) is 6.92 Å². The summed E-state index contributed by atoms with van der Waals surface area (Å²) < 4.78 is 5.96. The van der Waals surface area contributed by atoms with Gasteiger partial charge in [-0.1, -0.05) is 18.2 Å². The Morgan fingerprint density at radius 1 is 1.21 bits per heavy atom. The van der Waals surface area contributed by atoms with Gasteiger partial charge in [0.05, 0.1) is 18.2 Å². The van der Waals surface area contributed by atoms with Crippen LogP contribution in [0.4, 0.5) is 0 Å². The second-order valence-electron chi connectivity index (χ2n) is 7.23. The Morgan fingerprint density at radius 2 is 2.00 bits per heavy atom. The number of likely N-dealkylation sites (tertiary alicyclic amines) is 1. The number of aryl methyl sites for hydroxylation is 1. The summed E-state index contributed by atoms with van der Waals surface area (Å²) in [6.07, 6.45) is 1.81. The Balaban J connectivity index is 1.46. The van der Waals surface area contributed by atoms with E-state index in [0.29, 0.717) is 18.7 Å². The average molecular weight is 376 g/mol. The lowest BCUT2D eigenvalue weighted by molar-refractivity contribution is 0.0677. The maximum Gasteiger partial charge on any atom is 0.254 e. The molecule has 1 aromatic heterocycles. The maximum absolute atomic E-state index is 12.7. The van der Waals surface area contributed by atoms with E-state index < -0.39 is 0 Å². The molecule has 1 saturated heterocycles. The van der Waals surface area contributed by atoms with Crippen molar-refractivity contribution in [3.63, 3.8) is 0 Å². The lowest BCUT2D eigenvalue weighted by atomic mass is 10.1. The first-order chi connectivity index (χ1) is 13.7. The van der Waals surface area contributed by atoms with Gasteiger partial charge in [-0.3, -0.25) is 9.78 Å². The van der Waals surface area contributed by atoms with Gasteiger partial charge in [0.25, 0.3) is 5.91 Å². The standard InChI is InChI=1S/C23H24N2O3/c1-16-13-18(21-6-2-3-7-22(21)24-16)15-28-20-10-8-17(9-11-20)23(27)25-12-4-5-19(25)14-26/h2-3,6-11,13,19,26H,4-5,12,14-15H2,1H3. The number of aliphatic hydroxyl groups excluding tert-OH is 1. The van der Waals surface area contributed by atoms with Gasteiger partial charge < -0.3 is 14.7 Å². The fourth-order valence-corrected chi connectivity index (χ4v) is 3.83. The molecular formula is C23H24N2O3. The van der Waals surface area contributed by atoms with Crippen LogP contribution in [-0.4, -0.2) is 40.1 Å². The molecule has 0 radical (unpaired) electrons. The molecule has 0 aliphatic carbocycles. The second-order valence-corrected chi connectivity index (χ2v) is 7.23. The Bertz CT molecular complexity index is 985. The fourth-order valence-electron chi connectivity index (χ4n) is 3.83. The number of hydrogen-bond acceptors (Lipinski definition) is 4. The molecule has 4 rings (SSSR count). The Labute approximate surface area is 164 Å². The van der Waals surface area contributed by atoms with Crippen molar-refractivity contribution in [1.82, 2.24) is 9.88 Å². The molecule has 1 amide bonds. The number of rotatable bonds is 5. The summed E-state index contributed by atoms with van der Waals surface area (Å²) in [5.41, 5.74) is 3.64. The summed E-state index contributed by atoms with van der Waals surface area (Å²) in [5.74, 6) is 0.689. The normalized spacial score (nSPS) is 16.5. The molecule has 1 fully saturated rings. The quantitative estimate of drug-likeness (QED) is 0.737. The van der Waals surface area contributed by atoms with Gasteiger partial charge in [0.2, 0.25) is 0 Å². The van der Waals surface area contributed by atoms with Crippen molar-refractivity contribution < 1.29 is 14.6 Å². The van der Waals surface area contributed by atoms with E-state index in [-0.39, 0.29) is 18.6 Å². The highest BCUT2D eigenvalue weighted by atomic mass is 16.5. The Kier molecular flexibility index (Phi) is 5.26. The molecule has 144 valence electrons. The summed E-state index contributed by atoms with van der Waals surface area (Å²) >= 11 is 0. The van der Waals surface area contributed by atoms with Crippen molar-refractivity contribution in [3.05, 3.63) is 71.4 Å². The highest BCUT2D eigenvalue weighted by Gasteiger charge is 2.28. The van der Waals surface area contributed by atoms with Crippen LogP contribution in [0.25, 0.3) is 10.9 Å². The van der Waals surface area contributed by atoms with Crippen molar-refractivity contribution >= 4 is 16.8 Å². The van der Waals surface area contributed by atoms with Crippen LogP contribution in [0.15, 0.2) is 54.6 Å². The predicted octanol–water partition coefficient (Wildman–Crippen LogP) is 3.72. The van der Waals surface area contributed by atoms with Crippen molar-refractivity contribution in [3.8, 4) is 5.75 Å². The highest BCUT2D eigenvalue weighted by Crippen LogP contribution is 2.23. The third-order valence-corrected chi connectivity index (χ3v) is 5.27. The fraction of sp³-hybridized carbons (Fsp3) is 0.304. The van der Waals surface area contributed by atoms with E-state index in [0.717, 1.165) is 40.8 Å². The molecule has 0 saturated carbocycles. The number of ether oxygens (including phenoxy) is 1. The molecule has 1 N–H and O–H groups in total. The minimum Gasteiger partial charge on any atom is -0.489 e. The number of aliphatic hydroxyl groups is 1. The molecule has 0 bridgehead atoms. The number of nitrogens with zero attached hydrogens (tertiary/aromatic N) is 2. The molecule has 1 unspecified atom stereocenters. The third kappa shape index (κ3) is 3.71. The predicted molar refractivity (Wildman–Crippen MR) is 108 cm³/mol. The third-order valence-electron chi connectivity index (χ3n) is 5.27. The monoisotopic (exact) mass is 376 g/mol. The van der Waals surface area contributed by atoms with Gasteiger partial charge in [0, 0.05) is 28.8 Å². The molecule has 5 nitrogen and oxygen atoms in total. The topological polar surface area (TPSA) is 62.7 Å². The molecule has 1 aliphatic heterocycles. The molecule has 0 spiro atoms. The van der Waals surface area contributed by atoms with Gasteiger partial charge in [-0.05, 0) is 56.2 Å². The molecular weight excluding hydrogens is 352 g/mol. The zero-order valence-corrected chi connectivity index (χ0v) is 16.0. The Hall–Kier alpha value is -2.92. The van der Waals surface area contributed by atoms with Crippen molar-refractivity contribution in [1.29, 1.82) is 0 Å². The van der Waals surface area contributed by atoms with E-state index in [9.17, 15) is 9.90 Å². The zero-order valence-electron chi connectivity index (χ0n) is 16.0. The van der Waals surface area contributed by atoms with Crippen LogP contribution in [0.2, 0.25) is 0 Å². The van der Waals surface area contributed by atoms with Gasteiger partial charge in [-0.25, -0.2) is 0 Å².